The number of hydrogen-bond donors (Lipinski definition) is 1. The van der Waals surface area contributed by atoms with Gasteiger partial charge in [-0.05, 0) is 33.2 Å². The molecule has 1 fully saturated rings. The zero-order valence-electron chi connectivity index (χ0n) is 10.3. The molecule has 1 unspecified atom stereocenters. The summed E-state index contributed by atoms with van der Waals surface area (Å²) in [4.78, 5) is 12.1. The first-order valence-electron chi connectivity index (χ1n) is 6.11. The summed E-state index contributed by atoms with van der Waals surface area (Å²) in [5, 5.41) is 8.18. The molecule has 1 aromatic heterocycles. The monoisotopic (exact) mass is 255 g/mol. The Labute approximate surface area is 106 Å². The molecular formula is C12H18ClN3O. The Balaban J connectivity index is 2.14. The molecule has 0 amide bonds. The molecule has 0 aliphatic carbocycles. The molecular weight excluding hydrogens is 238 g/mol. The van der Waals surface area contributed by atoms with Crippen molar-refractivity contribution in [1.29, 1.82) is 0 Å². The molecule has 2 rings (SSSR count). The van der Waals surface area contributed by atoms with Gasteiger partial charge in [0.25, 0.3) is 0 Å². The summed E-state index contributed by atoms with van der Waals surface area (Å²) in [6, 6.07) is 0.00609. The zero-order chi connectivity index (χ0) is 12.4. The van der Waals surface area contributed by atoms with Crippen molar-refractivity contribution in [2.75, 3.05) is 6.54 Å². The summed E-state index contributed by atoms with van der Waals surface area (Å²) >= 11 is 6.19. The molecule has 1 saturated heterocycles. The van der Waals surface area contributed by atoms with Crippen molar-refractivity contribution < 1.29 is 4.79 Å². The SMILES string of the molecule is CCn1nc(C)c(Cl)c1CC(=O)C1CCCN1. The lowest BCUT2D eigenvalue weighted by Gasteiger charge is -2.10. The topological polar surface area (TPSA) is 46.9 Å². The minimum Gasteiger partial charge on any atom is -0.307 e. The smallest absolute Gasteiger partial charge is 0.155 e. The van der Waals surface area contributed by atoms with Crippen LogP contribution < -0.4 is 5.32 Å². The van der Waals surface area contributed by atoms with E-state index < -0.39 is 0 Å². The van der Waals surface area contributed by atoms with Gasteiger partial charge in [-0.25, -0.2) is 0 Å². The number of nitrogens with one attached hydrogen (secondary N) is 1. The maximum atomic E-state index is 12.1. The Hall–Kier alpha value is -0.870. The van der Waals surface area contributed by atoms with Gasteiger partial charge in [0.1, 0.15) is 0 Å². The number of halogens is 1. The maximum Gasteiger partial charge on any atom is 0.155 e. The maximum absolute atomic E-state index is 12.1. The van der Waals surface area contributed by atoms with Gasteiger partial charge in [0, 0.05) is 6.54 Å². The fourth-order valence-electron chi connectivity index (χ4n) is 2.29. The van der Waals surface area contributed by atoms with E-state index in [-0.39, 0.29) is 11.8 Å². The van der Waals surface area contributed by atoms with Gasteiger partial charge in [-0.2, -0.15) is 5.10 Å². The van der Waals surface area contributed by atoms with Crippen LogP contribution in [0.4, 0.5) is 0 Å². The number of carbonyl (C=O) groups excluding carboxylic acids is 1. The Bertz CT molecular complexity index is 422. The third kappa shape index (κ3) is 2.53. The highest BCUT2D eigenvalue weighted by Gasteiger charge is 2.24. The summed E-state index contributed by atoms with van der Waals surface area (Å²) in [5.74, 6) is 0.221. The third-order valence-corrected chi connectivity index (χ3v) is 3.74. The molecule has 17 heavy (non-hydrogen) atoms. The Morgan fingerprint density at radius 1 is 1.65 bits per heavy atom. The summed E-state index contributed by atoms with van der Waals surface area (Å²) in [6.07, 6.45) is 2.40. The first-order valence-corrected chi connectivity index (χ1v) is 6.49. The third-order valence-electron chi connectivity index (χ3n) is 3.24. The van der Waals surface area contributed by atoms with E-state index in [9.17, 15) is 4.79 Å². The van der Waals surface area contributed by atoms with Crippen molar-refractivity contribution in [3.8, 4) is 0 Å². The molecule has 1 N–H and O–H groups in total. The van der Waals surface area contributed by atoms with Gasteiger partial charge >= 0.3 is 0 Å². The van der Waals surface area contributed by atoms with Crippen LogP contribution in [0.1, 0.15) is 31.2 Å². The van der Waals surface area contributed by atoms with Gasteiger partial charge in [-0.1, -0.05) is 11.6 Å². The van der Waals surface area contributed by atoms with Crippen molar-refractivity contribution in [2.45, 2.75) is 45.7 Å². The van der Waals surface area contributed by atoms with Crippen molar-refractivity contribution in [3.63, 3.8) is 0 Å². The minimum atomic E-state index is 0.00609. The molecule has 2 heterocycles. The number of hydrogen-bond acceptors (Lipinski definition) is 3. The number of aromatic nitrogens is 2. The lowest BCUT2D eigenvalue weighted by molar-refractivity contribution is -0.120. The Morgan fingerprint density at radius 3 is 3.00 bits per heavy atom. The lowest BCUT2D eigenvalue weighted by Crippen LogP contribution is -2.32. The van der Waals surface area contributed by atoms with Gasteiger partial charge in [-0.3, -0.25) is 9.48 Å². The standard InChI is InChI=1S/C12H18ClN3O/c1-3-16-10(12(13)8(2)15-16)7-11(17)9-5-4-6-14-9/h9,14H,3-7H2,1-2H3. The van der Waals surface area contributed by atoms with E-state index in [0.717, 1.165) is 37.3 Å². The highest BCUT2D eigenvalue weighted by molar-refractivity contribution is 6.32. The molecule has 5 heteroatoms. The summed E-state index contributed by atoms with van der Waals surface area (Å²) in [7, 11) is 0. The molecule has 1 atom stereocenters. The second kappa shape index (κ2) is 5.19. The van der Waals surface area contributed by atoms with E-state index in [1.54, 1.807) is 0 Å². The minimum absolute atomic E-state index is 0.00609. The fraction of sp³-hybridized carbons (Fsp3) is 0.667. The number of Topliss-reactive ketones (excluding diaryl/α,β-unsaturated/α-hetero) is 1. The van der Waals surface area contributed by atoms with Crippen LogP contribution in [0.15, 0.2) is 0 Å². The van der Waals surface area contributed by atoms with Crippen LogP contribution in [0.3, 0.4) is 0 Å². The summed E-state index contributed by atoms with van der Waals surface area (Å²) in [6.45, 7) is 5.56. The van der Waals surface area contributed by atoms with Gasteiger partial charge < -0.3 is 5.32 Å². The van der Waals surface area contributed by atoms with Crippen molar-refractivity contribution in [2.24, 2.45) is 0 Å². The van der Waals surface area contributed by atoms with Crippen LogP contribution in [0.2, 0.25) is 5.02 Å². The van der Waals surface area contributed by atoms with Gasteiger partial charge in [0.05, 0.1) is 28.9 Å². The van der Waals surface area contributed by atoms with E-state index in [4.69, 9.17) is 11.6 Å². The number of ketones is 1. The average molecular weight is 256 g/mol. The fourth-order valence-corrected chi connectivity index (χ4v) is 2.49. The van der Waals surface area contributed by atoms with Crippen LogP contribution in [0.5, 0.6) is 0 Å². The molecule has 0 spiro atoms. The lowest BCUT2D eigenvalue weighted by atomic mass is 10.1. The van der Waals surface area contributed by atoms with Crippen LogP contribution in [-0.4, -0.2) is 28.2 Å². The molecule has 1 aromatic rings. The first-order chi connectivity index (χ1) is 8.13. The quantitative estimate of drug-likeness (QED) is 0.891. The first kappa shape index (κ1) is 12.6. The summed E-state index contributed by atoms with van der Waals surface area (Å²) < 4.78 is 1.82. The van der Waals surface area contributed by atoms with Crippen LogP contribution >= 0.6 is 11.6 Å². The zero-order valence-corrected chi connectivity index (χ0v) is 11.0. The second-order valence-electron chi connectivity index (χ2n) is 4.45. The highest BCUT2D eigenvalue weighted by atomic mass is 35.5. The second-order valence-corrected chi connectivity index (χ2v) is 4.83. The van der Waals surface area contributed by atoms with E-state index in [0.29, 0.717) is 11.4 Å². The number of aryl methyl sites for hydroxylation is 2. The molecule has 1 aliphatic rings. The van der Waals surface area contributed by atoms with E-state index in [1.165, 1.54) is 0 Å². The molecule has 0 saturated carbocycles. The molecule has 1 aliphatic heterocycles. The van der Waals surface area contributed by atoms with Crippen molar-refractivity contribution in [1.82, 2.24) is 15.1 Å². The van der Waals surface area contributed by atoms with Gasteiger partial charge in [0.2, 0.25) is 0 Å². The predicted molar refractivity (Wildman–Crippen MR) is 67.4 cm³/mol. The molecule has 0 aromatic carbocycles. The van der Waals surface area contributed by atoms with Gasteiger partial charge in [-0.15, -0.1) is 0 Å². The largest absolute Gasteiger partial charge is 0.307 e. The Kier molecular flexibility index (Phi) is 3.84. The number of rotatable bonds is 4. The predicted octanol–water partition coefficient (Wildman–Crippen LogP) is 1.73. The number of carbonyl (C=O) groups is 1. The van der Waals surface area contributed by atoms with Crippen LogP contribution in [0, 0.1) is 6.92 Å². The molecule has 0 bridgehead atoms. The van der Waals surface area contributed by atoms with Crippen LogP contribution in [-0.2, 0) is 17.8 Å². The van der Waals surface area contributed by atoms with E-state index in [1.807, 2.05) is 18.5 Å². The van der Waals surface area contributed by atoms with Crippen molar-refractivity contribution >= 4 is 17.4 Å². The molecule has 0 radical (unpaired) electrons. The van der Waals surface area contributed by atoms with Crippen LogP contribution in [0.25, 0.3) is 0 Å². The van der Waals surface area contributed by atoms with Gasteiger partial charge in [0.15, 0.2) is 5.78 Å². The number of nitrogens with zero attached hydrogens (tertiary/aromatic N) is 2. The van der Waals surface area contributed by atoms with E-state index >= 15 is 0 Å². The van der Waals surface area contributed by atoms with E-state index in [2.05, 4.69) is 10.4 Å². The Morgan fingerprint density at radius 2 is 2.41 bits per heavy atom. The molecule has 4 nitrogen and oxygen atoms in total. The molecule has 94 valence electrons. The average Bonchev–Trinajstić information content (AvgIpc) is 2.92. The normalized spacial score (nSPS) is 19.8. The summed E-state index contributed by atoms with van der Waals surface area (Å²) in [5.41, 5.74) is 1.65. The van der Waals surface area contributed by atoms with Crippen molar-refractivity contribution in [3.05, 3.63) is 16.4 Å². The highest BCUT2D eigenvalue weighted by Crippen LogP contribution is 2.22.